The lowest BCUT2D eigenvalue weighted by atomic mass is 10.00. The molecule has 0 aliphatic heterocycles. The number of aromatic nitrogens is 1. The molecule has 1 heterocycles. The highest BCUT2D eigenvalue weighted by Crippen LogP contribution is 2.35. The molecule has 0 atom stereocenters. The first-order chi connectivity index (χ1) is 14.7. The standard InChI is InChI=1S/C26H23NO3/c1-27-17-23(20-11-7-4-8-12-20)24(25(27)21-13-15-22(29-2)16-14-21)26(28)30-18-19-9-5-3-6-10-19/h3-17H,18H2,1-2H3. The van der Waals surface area contributed by atoms with Gasteiger partial charge < -0.3 is 14.0 Å². The van der Waals surface area contributed by atoms with Gasteiger partial charge in [-0.15, -0.1) is 0 Å². The smallest absolute Gasteiger partial charge is 0.341 e. The van der Waals surface area contributed by atoms with Crippen LogP contribution >= 0.6 is 0 Å². The second-order valence-electron chi connectivity index (χ2n) is 7.03. The first-order valence-corrected chi connectivity index (χ1v) is 9.77. The molecule has 4 nitrogen and oxygen atoms in total. The van der Waals surface area contributed by atoms with Crippen molar-refractivity contribution in [1.82, 2.24) is 4.57 Å². The quantitative estimate of drug-likeness (QED) is 0.391. The van der Waals surface area contributed by atoms with Crippen LogP contribution in [0.4, 0.5) is 0 Å². The molecule has 0 spiro atoms. The molecule has 30 heavy (non-hydrogen) atoms. The molecule has 0 aliphatic carbocycles. The molecule has 4 aromatic rings. The highest BCUT2D eigenvalue weighted by molar-refractivity contribution is 6.03. The van der Waals surface area contributed by atoms with Gasteiger partial charge in [0.2, 0.25) is 0 Å². The van der Waals surface area contributed by atoms with Gasteiger partial charge in [0.15, 0.2) is 0 Å². The molecule has 150 valence electrons. The Hall–Kier alpha value is -3.79. The molecule has 0 saturated heterocycles. The number of hydrogen-bond acceptors (Lipinski definition) is 3. The van der Waals surface area contributed by atoms with E-state index < -0.39 is 0 Å². The molecule has 0 radical (unpaired) electrons. The summed E-state index contributed by atoms with van der Waals surface area (Å²) in [5.41, 5.74) is 5.07. The Kier molecular flexibility index (Phi) is 5.66. The maximum Gasteiger partial charge on any atom is 0.341 e. The fourth-order valence-electron chi connectivity index (χ4n) is 3.56. The fourth-order valence-corrected chi connectivity index (χ4v) is 3.56. The van der Waals surface area contributed by atoms with Crippen LogP contribution in [0.15, 0.2) is 91.1 Å². The van der Waals surface area contributed by atoms with Crippen molar-refractivity contribution < 1.29 is 14.3 Å². The van der Waals surface area contributed by atoms with Crippen molar-refractivity contribution >= 4 is 5.97 Å². The molecule has 0 amide bonds. The molecule has 0 N–H and O–H groups in total. The van der Waals surface area contributed by atoms with Crippen molar-refractivity contribution in [1.29, 1.82) is 0 Å². The van der Waals surface area contributed by atoms with Gasteiger partial charge >= 0.3 is 5.97 Å². The van der Waals surface area contributed by atoms with Gasteiger partial charge in [-0.1, -0.05) is 60.7 Å². The van der Waals surface area contributed by atoms with Crippen LogP contribution in [0, 0.1) is 0 Å². The third-order valence-electron chi connectivity index (χ3n) is 5.05. The van der Waals surface area contributed by atoms with Crippen LogP contribution in [-0.4, -0.2) is 17.6 Å². The maximum absolute atomic E-state index is 13.3. The van der Waals surface area contributed by atoms with E-state index in [0.717, 1.165) is 33.7 Å². The zero-order chi connectivity index (χ0) is 20.9. The largest absolute Gasteiger partial charge is 0.497 e. The summed E-state index contributed by atoms with van der Waals surface area (Å²) in [6.45, 7) is 0.227. The van der Waals surface area contributed by atoms with E-state index in [0.29, 0.717) is 5.56 Å². The van der Waals surface area contributed by atoms with Gasteiger partial charge in [0.1, 0.15) is 12.4 Å². The van der Waals surface area contributed by atoms with Gasteiger partial charge in [-0.3, -0.25) is 0 Å². The van der Waals surface area contributed by atoms with Crippen LogP contribution < -0.4 is 4.74 Å². The van der Waals surface area contributed by atoms with Crippen molar-refractivity contribution in [3.8, 4) is 28.1 Å². The summed E-state index contributed by atoms with van der Waals surface area (Å²) in [6, 6.07) is 27.3. The Morgan fingerprint density at radius 2 is 1.47 bits per heavy atom. The van der Waals surface area contributed by atoms with Gasteiger partial charge in [-0.2, -0.15) is 0 Å². The second-order valence-corrected chi connectivity index (χ2v) is 7.03. The predicted octanol–water partition coefficient (Wildman–Crippen LogP) is 5.72. The van der Waals surface area contributed by atoms with Crippen molar-refractivity contribution in [2.45, 2.75) is 6.61 Å². The molecular formula is C26H23NO3. The minimum absolute atomic E-state index is 0.227. The Bertz CT molecular complexity index is 1130. The zero-order valence-electron chi connectivity index (χ0n) is 17.0. The summed E-state index contributed by atoms with van der Waals surface area (Å²) in [7, 11) is 3.58. The molecule has 0 fully saturated rings. The van der Waals surface area contributed by atoms with Crippen LogP contribution in [-0.2, 0) is 18.4 Å². The Balaban J connectivity index is 1.77. The summed E-state index contributed by atoms with van der Waals surface area (Å²) in [6.07, 6.45) is 1.98. The summed E-state index contributed by atoms with van der Waals surface area (Å²) in [4.78, 5) is 13.3. The molecular weight excluding hydrogens is 374 g/mol. The predicted molar refractivity (Wildman–Crippen MR) is 118 cm³/mol. The van der Waals surface area contributed by atoms with Crippen molar-refractivity contribution in [3.05, 3.63) is 102 Å². The third kappa shape index (κ3) is 3.98. The first-order valence-electron chi connectivity index (χ1n) is 9.77. The number of ether oxygens (including phenoxy) is 2. The number of aryl methyl sites for hydroxylation is 1. The van der Waals surface area contributed by atoms with Crippen LogP contribution in [0.5, 0.6) is 5.75 Å². The molecule has 0 bridgehead atoms. The average Bonchev–Trinajstić information content (AvgIpc) is 3.16. The lowest BCUT2D eigenvalue weighted by Gasteiger charge is -2.11. The van der Waals surface area contributed by atoms with Crippen molar-refractivity contribution in [2.75, 3.05) is 7.11 Å². The van der Waals surface area contributed by atoms with Crippen LogP contribution in [0.25, 0.3) is 22.4 Å². The minimum atomic E-state index is -0.343. The van der Waals surface area contributed by atoms with Gasteiger partial charge in [0.25, 0.3) is 0 Å². The second kappa shape index (κ2) is 8.70. The zero-order valence-corrected chi connectivity index (χ0v) is 17.0. The Morgan fingerprint density at radius 1 is 0.833 bits per heavy atom. The highest BCUT2D eigenvalue weighted by atomic mass is 16.5. The number of nitrogens with zero attached hydrogens (tertiary/aromatic N) is 1. The number of carbonyl (C=O) groups excluding carboxylic acids is 1. The monoisotopic (exact) mass is 397 g/mol. The number of benzene rings is 3. The average molecular weight is 397 g/mol. The molecule has 0 unspecified atom stereocenters. The molecule has 0 saturated carbocycles. The number of esters is 1. The normalized spacial score (nSPS) is 10.6. The number of methoxy groups -OCH3 is 1. The van der Waals surface area contributed by atoms with E-state index in [4.69, 9.17) is 9.47 Å². The number of hydrogen-bond donors (Lipinski definition) is 0. The fraction of sp³-hybridized carbons (Fsp3) is 0.115. The van der Waals surface area contributed by atoms with Crippen LogP contribution in [0.3, 0.4) is 0 Å². The van der Waals surface area contributed by atoms with Gasteiger partial charge in [0.05, 0.1) is 18.4 Å². The van der Waals surface area contributed by atoms with Crippen LogP contribution in [0.2, 0.25) is 0 Å². The molecule has 4 rings (SSSR count). The number of rotatable bonds is 6. The Morgan fingerprint density at radius 3 is 2.10 bits per heavy atom. The lowest BCUT2D eigenvalue weighted by Crippen LogP contribution is -2.08. The van der Waals surface area contributed by atoms with Crippen molar-refractivity contribution in [3.63, 3.8) is 0 Å². The molecule has 0 aliphatic rings. The van der Waals surface area contributed by atoms with Crippen molar-refractivity contribution in [2.24, 2.45) is 7.05 Å². The molecule has 1 aromatic heterocycles. The maximum atomic E-state index is 13.3. The summed E-state index contributed by atoms with van der Waals surface area (Å²) in [5, 5.41) is 0. The number of carbonyl (C=O) groups is 1. The van der Waals surface area contributed by atoms with E-state index in [2.05, 4.69) is 0 Å². The Labute approximate surface area is 176 Å². The highest BCUT2D eigenvalue weighted by Gasteiger charge is 2.24. The first kappa shape index (κ1) is 19.5. The topological polar surface area (TPSA) is 40.5 Å². The summed E-state index contributed by atoms with van der Waals surface area (Å²) in [5.74, 6) is 0.425. The van der Waals surface area contributed by atoms with Gasteiger partial charge in [-0.05, 0) is 41.0 Å². The van der Waals surface area contributed by atoms with Gasteiger partial charge in [-0.25, -0.2) is 4.79 Å². The minimum Gasteiger partial charge on any atom is -0.497 e. The summed E-state index contributed by atoms with van der Waals surface area (Å²) >= 11 is 0. The van der Waals surface area contributed by atoms with E-state index in [1.54, 1.807) is 7.11 Å². The van der Waals surface area contributed by atoms with E-state index in [-0.39, 0.29) is 12.6 Å². The van der Waals surface area contributed by atoms with E-state index >= 15 is 0 Å². The van der Waals surface area contributed by atoms with Gasteiger partial charge in [0, 0.05) is 18.8 Å². The SMILES string of the molecule is COc1ccc(-c2c(C(=O)OCc3ccccc3)c(-c3ccccc3)cn2C)cc1. The third-order valence-corrected chi connectivity index (χ3v) is 5.05. The summed E-state index contributed by atoms with van der Waals surface area (Å²) < 4.78 is 13.0. The molecule has 4 heteroatoms. The van der Waals surface area contributed by atoms with E-state index in [9.17, 15) is 4.79 Å². The van der Waals surface area contributed by atoms with Crippen LogP contribution in [0.1, 0.15) is 15.9 Å². The lowest BCUT2D eigenvalue weighted by molar-refractivity contribution is 0.0474. The molecule has 3 aromatic carbocycles. The van der Waals surface area contributed by atoms with E-state index in [1.807, 2.05) is 103 Å². The van der Waals surface area contributed by atoms with E-state index in [1.165, 1.54) is 0 Å².